The molecule has 0 aliphatic heterocycles. The van der Waals surface area contributed by atoms with Gasteiger partial charge in [0.2, 0.25) is 0 Å². The first-order valence-corrected chi connectivity index (χ1v) is 10.8. The fourth-order valence-corrected chi connectivity index (χ4v) is 3.53. The number of anilines is 4. The molecule has 2 aromatic carbocycles. The summed E-state index contributed by atoms with van der Waals surface area (Å²) in [5.74, 6) is 1.72. The number of carbonyl (C=O) groups is 1. The highest BCUT2D eigenvalue weighted by molar-refractivity contribution is 6.05. The maximum absolute atomic E-state index is 12.6. The van der Waals surface area contributed by atoms with Gasteiger partial charge in [0.25, 0.3) is 5.91 Å². The molecule has 0 saturated heterocycles. The van der Waals surface area contributed by atoms with Crippen LogP contribution in [0.4, 0.5) is 23.0 Å². The van der Waals surface area contributed by atoms with E-state index in [1.54, 1.807) is 30.3 Å². The van der Waals surface area contributed by atoms with Gasteiger partial charge in [0, 0.05) is 35.9 Å². The van der Waals surface area contributed by atoms with Crippen LogP contribution in [0.3, 0.4) is 0 Å². The van der Waals surface area contributed by atoms with E-state index in [1.165, 1.54) is 6.07 Å². The second-order valence-electron chi connectivity index (χ2n) is 7.47. The monoisotopic (exact) mass is 443 g/mol. The second kappa shape index (κ2) is 9.52. The lowest BCUT2D eigenvalue weighted by atomic mass is 10.1. The van der Waals surface area contributed by atoms with E-state index < -0.39 is 11.5 Å². The zero-order chi connectivity index (χ0) is 23.4. The molecule has 1 amide bonds. The van der Waals surface area contributed by atoms with Gasteiger partial charge in [-0.25, -0.2) is 14.8 Å². The Hall–Kier alpha value is -4.20. The molecule has 0 fully saturated rings. The maximum atomic E-state index is 12.6. The van der Waals surface area contributed by atoms with Crippen LogP contribution in [-0.2, 0) is 0 Å². The number of hydrogen-bond donors (Lipinski definition) is 2. The van der Waals surface area contributed by atoms with Crippen LogP contribution in [0, 0.1) is 6.92 Å². The fourth-order valence-electron chi connectivity index (χ4n) is 3.53. The highest BCUT2D eigenvalue weighted by Gasteiger charge is 2.14. The first kappa shape index (κ1) is 22.0. The van der Waals surface area contributed by atoms with Gasteiger partial charge in [0.15, 0.2) is 0 Å². The molecule has 2 aromatic heterocycles. The molecule has 4 aromatic rings. The van der Waals surface area contributed by atoms with E-state index >= 15 is 0 Å². The van der Waals surface area contributed by atoms with E-state index in [4.69, 9.17) is 4.42 Å². The first-order valence-electron chi connectivity index (χ1n) is 10.8. The number of fused-ring (bicyclic) bond motifs is 1. The van der Waals surface area contributed by atoms with Crippen LogP contribution in [0.1, 0.15) is 30.0 Å². The Kier molecular flexibility index (Phi) is 6.35. The first-order chi connectivity index (χ1) is 16.0. The summed E-state index contributed by atoms with van der Waals surface area (Å²) >= 11 is 0. The fraction of sp³-hybridized carbons (Fsp3) is 0.200. The molecular weight excluding hydrogens is 418 g/mol. The molecule has 168 valence electrons. The summed E-state index contributed by atoms with van der Waals surface area (Å²) in [6.07, 6.45) is 0. The minimum atomic E-state index is -0.673. The molecule has 33 heavy (non-hydrogen) atoms. The summed E-state index contributed by atoms with van der Waals surface area (Å²) < 4.78 is 5.25. The van der Waals surface area contributed by atoms with Crippen LogP contribution < -0.4 is 21.2 Å². The van der Waals surface area contributed by atoms with Crippen molar-refractivity contribution < 1.29 is 9.21 Å². The number of para-hydroxylation sites is 1. The number of nitrogens with zero attached hydrogens (tertiary/aromatic N) is 3. The van der Waals surface area contributed by atoms with Crippen molar-refractivity contribution in [2.75, 3.05) is 28.6 Å². The second-order valence-corrected chi connectivity index (χ2v) is 7.47. The number of carbonyl (C=O) groups excluding carboxylic acids is 1. The lowest BCUT2D eigenvalue weighted by Crippen LogP contribution is -2.23. The minimum Gasteiger partial charge on any atom is -0.422 e. The normalized spacial score (nSPS) is 10.8. The molecule has 0 spiro atoms. The minimum absolute atomic E-state index is 0.0451. The van der Waals surface area contributed by atoms with Gasteiger partial charge in [-0.15, -0.1) is 0 Å². The number of aryl methyl sites for hydroxylation is 1. The van der Waals surface area contributed by atoms with E-state index in [0.717, 1.165) is 24.6 Å². The lowest BCUT2D eigenvalue weighted by Gasteiger charge is -2.20. The van der Waals surface area contributed by atoms with E-state index in [2.05, 4.69) is 39.3 Å². The molecule has 2 heterocycles. The number of benzene rings is 2. The summed E-state index contributed by atoms with van der Waals surface area (Å²) in [6, 6.07) is 17.7. The van der Waals surface area contributed by atoms with Crippen molar-refractivity contribution in [1.82, 2.24) is 9.97 Å². The average molecular weight is 444 g/mol. The van der Waals surface area contributed by atoms with Crippen LogP contribution in [0.2, 0.25) is 0 Å². The topological polar surface area (TPSA) is 100 Å². The van der Waals surface area contributed by atoms with Crippen LogP contribution in [0.5, 0.6) is 0 Å². The van der Waals surface area contributed by atoms with Gasteiger partial charge in [0.1, 0.15) is 28.6 Å². The Balaban J connectivity index is 1.49. The van der Waals surface area contributed by atoms with Crippen molar-refractivity contribution in [3.05, 3.63) is 82.5 Å². The third-order valence-corrected chi connectivity index (χ3v) is 5.21. The third-order valence-electron chi connectivity index (χ3n) is 5.21. The Bertz CT molecular complexity index is 1340. The molecule has 0 aliphatic rings. The molecule has 0 saturated carbocycles. The van der Waals surface area contributed by atoms with Crippen molar-refractivity contribution in [1.29, 1.82) is 0 Å². The molecule has 4 rings (SSSR count). The van der Waals surface area contributed by atoms with E-state index in [-0.39, 0.29) is 5.56 Å². The number of amides is 1. The van der Waals surface area contributed by atoms with Gasteiger partial charge in [-0.05, 0) is 57.2 Å². The Morgan fingerprint density at radius 2 is 1.67 bits per heavy atom. The van der Waals surface area contributed by atoms with Crippen LogP contribution in [0.15, 0.2) is 69.9 Å². The zero-order valence-electron chi connectivity index (χ0n) is 18.8. The molecule has 0 radical (unpaired) electrons. The number of aromatic nitrogens is 2. The summed E-state index contributed by atoms with van der Waals surface area (Å²) in [4.78, 5) is 36.0. The van der Waals surface area contributed by atoms with Crippen molar-refractivity contribution >= 4 is 39.9 Å². The van der Waals surface area contributed by atoms with Crippen molar-refractivity contribution in [3.8, 4) is 0 Å². The Morgan fingerprint density at radius 1 is 0.970 bits per heavy atom. The lowest BCUT2D eigenvalue weighted by molar-refractivity contribution is 0.102. The molecule has 8 nitrogen and oxygen atoms in total. The highest BCUT2D eigenvalue weighted by Crippen LogP contribution is 2.22. The Labute approximate surface area is 191 Å². The maximum Gasteiger partial charge on any atom is 0.349 e. The zero-order valence-corrected chi connectivity index (χ0v) is 18.8. The number of rotatable bonds is 7. The van der Waals surface area contributed by atoms with Crippen molar-refractivity contribution in [2.24, 2.45) is 0 Å². The SMILES string of the molecule is CCN(CC)c1cc(Nc2ccc(NC(=O)c3cc4ccccc4oc3=O)cc2)nc(C)n1. The van der Waals surface area contributed by atoms with E-state index in [0.29, 0.717) is 28.3 Å². The smallest absolute Gasteiger partial charge is 0.349 e. The van der Waals surface area contributed by atoms with Crippen molar-refractivity contribution in [2.45, 2.75) is 20.8 Å². The van der Waals surface area contributed by atoms with E-state index in [9.17, 15) is 9.59 Å². The predicted octanol–water partition coefficient (Wildman–Crippen LogP) is 4.73. The summed E-state index contributed by atoms with van der Waals surface area (Å²) in [5, 5.41) is 6.70. The van der Waals surface area contributed by atoms with Gasteiger partial charge in [-0.1, -0.05) is 18.2 Å². The summed E-state index contributed by atoms with van der Waals surface area (Å²) in [5.41, 5.74) is 1.09. The number of hydrogen-bond acceptors (Lipinski definition) is 7. The highest BCUT2D eigenvalue weighted by atomic mass is 16.4. The average Bonchev–Trinajstić information content (AvgIpc) is 2.80. The van der Waals surface area contributed by atoms with E-state index in [1.807, 2.05) is 31.2 Å². The van der Waals surface area contributed by atoms with Gasteiger partial charge in [-0.2, -0.15) is 0 Å². The van der Waals surface area contributed by atoms with Crippen LogP contribution >= 0.6 is 0 Å². The molecule has 8 heteroatoms. The standard InChI is InChI=1S/C25H25N5O3/c1-4-30(5-2)23-15-22(26-16(3)27-23)28-18-10-12-19(13-11-18)29-24(31)20-14-17-8-6-7-9-21(17)33-25(20)32/h6-15H,4-5H2,1-3H3,(H,29,31)(H,26,27,28). The van der Waals surface area contributed by atoms with Crippen molar-refractivity contribution in [3.63, 3.8) is 0 Å². The van der Waals surface area contributed by atoms with Gasteiger partial charge < -0.3 is 20.0 Å². The van der Waals surface area contributed by atoms with Gasteiger partial charge >= 0.3 is 5.63 Å². The molecule has 2 N–H and O–H groups in total. The third kappa shape index (κ3) is 5.01. The molecule has 0 unspecified atom stereocenters. The quantitative estimate of drug-likeness (QED) is 0.398. The van der Waals surface area contributed by atoms with Gasteiger partial charge in [-0.3, -0.25) is 4.79 Å². The molecule has 0 bridgehead atoms. The van der Waals surface area contributed by atoms with Gasteiger partial charge in [0.05, 0.1) is 0 Å². The summed E-state index contributed by atoms with van der Waals surface area (Å²) in [7, 11) is 0. The summed E-state index contributed by atoms with van der Waals surface area (Å²) in [6.45, 7) is 7.75. The number of nitrogens with one attached hydrogen (secondary N) is 2. The van der Waals surface area contributed by atoms with Crippen LogP contribution in [0.25, 0.3) is 11.0 Å². The predicted molar refractivity (Wildman–Crippen MR) is 130 cm³/mol. The largest absolute Gasteiger partial charge is 0.422 e. The molecule has 0 aliphatic carbocycles. The molecule has 0 atom stereocenters. The Morgan fingerprint density at radius 3 is 2.39 bits per heavy atom. The van der Waals surface area contributed by atoms with Crippen LogP contribution in [-0.4, -0.2) is 29.0 Å². The molecular formula is C25H25N5O3.